The zero-order valence-corrected chi connectivity index (χ0v) is 15.2. The monoisotopic (exact) mass is 359 g/mol. The van der Waals surface area contributed by atoms with Gasteiger partial charge in [-0.15, -0.1) is 11.8 Å². The number of carboxylic acid groups (broad SMARTS) is 1. The number of rotatable bonds is 7. The molecule has 0 aliphatic heterocycles. The van der Waals surface area contributed by atoms with Crippen LogP contribution in [0.1, 0.15) is 29.8 Å². The normalized spacial score (nSPS) is 11.6. The number of thioether (sulfide) groups is 1. The van der Waals surface area contributed by atoms with Crippen LogP contribution in [-0.4, -0.2) is 28.8 Å². The number of amides is 1. The van der Waals surface area contributed by atoms with Crippen LogP contribution in [0.4, 0.5) is 5.69 Å². The summed E-state index contributed by atoms with van der Waals surface area (Å²) < 4.78 is 5.44. The van der Waals surface area contributed by atoms with E-state index in [4.69, 9.17) is 9.84 Å². The van der Waals surface area contributed by atoms with E-state index in [1.807, 2.05) is 19.9 Å². The lowest BCUT2D eigenvalue weighted by molar-refractivity contribution is -0.136. The van der Waals surface area contributed by atoms with Crippen molar-refractivity contribution in [3.63, 3.8) is 0 Å². The van der Waals surface area contributed by atoms with Gasteiger partial charge >= 0.3 is 5.97 Å². The van der Waals surface area contributed by atoms with Crippen molar-refractivity contribution in [2.24, 2.45) is 0 Å². The quantitative estimate of drug-likeness (QED) is 0.724. The average molecular weight is 359 g/mol. The molecular weight excluding hydrogens is 338 g/mol. The van der Waals surface area contributed by atoms with Crippen LogP contribution in [0, 0.1) is 6.92 Å². The number of nitrogens with one attached hydrogen (secondary N) is 1. The highest BCUT2D eigenvalue weighted by Crippen LogP contribution is 2.28. The Kier molecular flexibility index (Phi) is 6.47. The molecule has 0 aliphatic carbocycles. The Labute approximate surface area is 151 Å². The van der Waals surface area contributed by atoms with Gasteiger partial charge in [-0.05, 0) is 56.7 Å². The van der Waals surface area contributed by atoms with E-state index in [2.05, 4.69) is 5.32 Å². The van der Waals surface area contributed by atoms with E-state index in [1.165, 1.54) is 0 Å². The van der Waals surface area contributed by atoms with Crippen molar-refractivity contribution in [3.05, 3.63) is 53.6 Å². The number of benzene rings is 2. The molecule has 2 rings (SSSR count). The number of aryl methyl sites for hydroxylation is 1. The van der Waals surface area contributed by atoms with Crippen LogP contribution in [0.5, 0.6) is 5.75 Å². The molecule has 0 saturated carbocycles. The minimum Gasteiger partial charge on any atom is -0.494 e. The van der Waals surface area contributed by atoms with Crippen LogP contribution in [0.2, 0.25) is 0 Å². The number of anilines is 1. The number of carboxylic acids is 1. The number of hydrogen-bond donors (Lipinski definition) is 2. The van der Waals surface area contributed by atoms with Crippen LogP contribution in [0.25, 0.3) is 0 Å². The summed E-state index contributed by atoms with van der Waals surface area (Å²) in [7, 11) is 0. The fourth-order valence-corrected chi connectivity index (χ4v) is 3.15. The fourth-order valence-electron chi connectivity index (χ4n) is 2.22. The SMILES string of the molecule is CCOc1ccc(NC(=O)c2ccccc2SC(C)C(=O)O)c(C)c1. The first-order valence-corrected chi connectivity index (χ1v) is 8.83. The first kappa shape index (κ1) is 18.9. The molecule has 0 aliphatic rings. The largest absolute Gasteiger partial charge is 0.494 e. The second-order valence-electron chi connectivity index (χ2n) is 5.46. The Morgan fingerprint density at radius 1 is 1.24 bits per heavy atom. The molecule has 2 N–H and O–H groups in total. The molecule has 0 saturated heterocycles. The smallest absolute Gasteiger partial charge is 0.316 e. The number of carbonyl (C=O) groups is 2. The van der Waals surface area contributed by atoms with Gasteiger partial charge in [0, 0.05) is 10.6 Å². The number of aliphatic carboxylic acids is 1. The van der Waals surface area contributed by atoms with Crippen LogP contribution < -0.4 is 10.1 Å². The Hall–Kier alpha value is -2.47. The van der Waals surface area contributed by atoms with Crippen molar-refractivity contribution < 1.29 is 19.4 Å². The van der Waals surface area contributed by atoms with E-state index in [9.17, 15) is 9.59 Å². The molecule has 0 aromatic heterocycles. The van der Waals surface area contributed by atoms with Crippen LogP contribution >= 0.6 is 11.8 Å². The van der Waals surface area contributed by atoms with Gasteiger partial charge in [-0.2, -0.15) is 0 Å². The summed E-state index contributed by atoms with van der Waals surface area (Å²) in [6.07, 6.45) is 0. The molecule has 132 valence electrons. The van der Waals surface area contributed by atoms with Crippen LogP contribution in [-0.2, 0) is 4.79 Å². The summed E-state index contributed by atoms with van der Waals surface area (Å²) in [6, 6.07) is 12.5. The van der Waals surface area contributed by atoms with Gasteiger partial charge < -0.3 is 15.2 Å². The van der Waals surface area contributed by atoms with Gasteiger partial charge in [-0.1, -0.05) is 12.1 Å². The molecule has 0 fully saturated rings. The zero-order valence-electron chi connectivity index (χ0n) is 14.4. The molecule has 2 aromatic carbocycles. The minimum atomic E-state index is -0.914. The van der Waals surface area contributed by atoms with Crippen molar-refractivity contribution in [3.8, 4) is 5.75 Å². The van der Waals surface area contributed by atoms with Gasteiger partial charge in [0.1, 0.15) is 11.0 Å². The molecule has 1 atom stereocenters. The van der Waals surface area contributed by atoms with Crippen LogP contribution in [0.3, 0.4) is 0 Å². The summed E-state index contributed by atoms with van der Waals surface area (Å²) >= 11 is 1.15. The summed E-state index contributed by atoms with van der Waals surface area (Å²) in [4.78, 5) is 24.4. The standard InChI is InChI=1S/C19H21NO4S/c1-4-24-14-9-10-16(12(2)11-14)20-18(21)15-7-5-6-8-17(15)25-13(3)19(22)23/h5-11,13H,4H2,1-3H3,(H,20,21)(H,22,23). The molecule has 1 unspecified atom stereocenters. The summed E-state index contributed by atoms with van der Waals surface area (Å²) in [6.45, 7) is 5.98. The predicted molar refractivity (Wildman–Crippen MR) is 99.7 cm³/mol. The zero-order chi connectivity index (χ0) is 18.4. The van der Waals surface area contributed by atoms with E-state index in [1.54, 1.807) is 43.3 Å². The molecule has 1 amide bonds. The number of hydrogen-bond acceptors (Lipinski definition) is 4. The van der Waals surface area contributed by atoms with E-state index in [0.717, 1.165) is 23.1 Å². The van der Waals surface area contributed by atoms with Gasteiger partial charge in [0.15, 0.2) is 0 Å². The van der Waals surface area contributed by atoms with Crippen LogP contribution in [0.15, 0.2) is 47.4 Å². The number of ether oxygens (including phenoxy) is 1. The maximum absolute atomic E-state index is 12.6. The van der Waals surface area contributed by atoms with Gasteiger partial charge in [0.2, 0.25) is 0 Å². The van der Waals surface area contributed by atoms with E-state index in [0.29, 0.717) is 22.8 Å². The third kappa shape index (κ3) is 5.00. The molecule has 0 radical (unpaired) electrons. The molecule has 0 spiro atoms. The first-order chi connectivity index (χ1) is 11.9. The summed E-state index contributed by atoms with van der Waals surface area (Å²) in [5, 5.41) is 11.3. The van der Waals surface area contributed by atoms with Crippen molar-refractivity contribution >= 4 is 29.3 Å². The maximum Gasteiger partial charge on any atom is 0.316 e. The topological polar surface area (TPSA) is 75.6 Å². The Morgan fingerprint density at radius 3 is 2.60 bits per heavy atom. The van der Waals surface area contributed by atoms with E-state index in [-0.39, 0.29) is 5.91 Å². The molecular formula is C19H21NO4S. The lowest BCUT2D eigenvalue weighted by Gasteiger charge is -2.13. The first-order valence-electron chi connectivity index (χ1n) is 7.95. The molecule has 2 aromatic rings. The molecule has 0 bridgehead atoms. The maximum atomic E-state index is 12.6. The Balaban J connectivity index is 2.20. The van der Waals surface area contributed by atoms with Crippen molar-refractivity contribution in [1.82, 2.24) is 0 Å². The summed E-state index contributed by atoms with van der Waals surface area (Å²) in [5.74, 6) is -0.431. The van der Waals surface area contributed by atoms with E-state index >= 15 is 0 Å². The fraction of sp³-hybridized carbons (Fsp3) is 0.263. The van der Waals surface area contributed by atoms with Gasteiger partial charge in [-0.25, -0.2) is 0 Å². The summed E-state index contributed by atoms with van der Waals surface area (Å²) in [5.41, 5.74) is 2.04. The average Bonchev–Trinajstić information content (AvgIpc) is 2.58. The third-order valence-electron chi connectivity index (χ3n) is 3.54. The molecule has 5 nitrogen and oxygen atoms in total. The predicted octanol–water partition coefficient (Wildman–Crippen LogP) is 4.21. The second kappa shape index (κ2) is 8.58. The van der Waals surface area contributed by atoms with Gasteiger partial charge in [0.05, 0.1) is 12.2 Å². The Bertz CT molecular complexity index is 776. The highest BCUT2D eigenvalue weighted by molar-refractivity contribution is 8.00. The van der Waals surface area contributed by atoms with Crippen molar-refractivity contribution in [1.29, 1.82) is 0 Å². The molecule has 6 heteroatoms. The Morgan fingerprint density at radius 2 is 1.96 bits per heavy atom. The highest BCUT2D eigenvalue weighted by atomic mass is 32.2. The molecule has 25 heavy (non-hydrogen) atoms. The highest BCUT2D eigenvalue weighted by Gasteiger charge is 2.18. The van der Waals surface area contributed by atoms with Crippen molar-refractivity contribution in [2.45, 2.75) is 30.9 Å². The third-order valence-corrected chi connectivity index (χ3v) is 4.71. The number of carbonyl (C=O) groups excluding carboxylic acids is 1. The lowest BCUT2D eigenvalue weighted by atomic mass is 10.1. The minimum absolute atomic E-state index is 0.270. The van der Waals surface area contributed by atoms with E-state index < -0.39 is 11.2 Å². The van der Waals surface area contributed by atoms with Crippen molar-refractivity contribution in [2.75, 3.05) is 11.9 Å². The van der Waals surface area contributed by atoms with Gasteiger partial charge in [-0.3, -0.25) is 9.59 Å². The lowest BCUT2D eigenvalue weighted by Crippen LogP contribution is -2.16. The molecule has 0 heterocycles. The second-order valence-corrected chi connectivity index (χ2v) is 6.84. The van der Waals surface area contributed by atoms with Gasteiger partial charge in [0.25, 0.3) is 5.91 Å².